The minimum absolute atomic E-state index is 0.289. The minimum Gasteiger partial charge on any atom is -0.406 e. The van der Waals surface area contributed by atoms with Gasteiger partial charge in [-0.3, -0.25) is 0 Å². The van der Waals surface area contributed by atoms with Gasteiger partial charge in [0.2, 0.25) is 0 Å². The molecule has 0 aliphatic heterocycles. The number of ether oxygens (including phenoxy) is 1. The van der Waals surface area contributed by atoms with Gasteiger partial charge in [-0.1, -0.05) is 0 Å². The lowest BCUT2D eigenvalue weighted by Gasteiger charge is -2.10. The Bertz CT molecular complexity index is 332. The molecule has 0 amide bonds. The van der Waals surface area contributed by atoms with Crippen LogP contribution in [0.15, 0.2) is 16.6 Å². The molecule has 0 bridgehead atoms. The molecule has 0 radical (unpaired) electrons. The van der Waals surface area contributed by atoms with Crippen LogP contribution in [0.5, 0.6) is 5.75 Å². The Morgan fingerprint density at radius 1 is 1.36 bits per heavy atom. The first-order valence-electron chi connectivity index (χ1n) is 3.30. The first-order valence-corrected chi connectivity index (χ1v) is 5.17. The molecule has 2 nitrogen and oxygen atoms in total. The summed E-state index contributed by atoms with van der Waals surface area (Å²) in [4.78, 5) is 0. The zero-order valence-corrected chi connectivity index (χ0v) is 10.3. The highest BCUT2D eigenvalue weighted by atomic mass is 127. The van der Waals surface area contributed by atoms with E-state index in [0.717, 1.165) is 0 Å². The summed E-state index contributed by atoms with van der Waals surface area (Å²) in [6, 6.07) is 2.39. The van der Waals surface area contributed by atoms with Crippen molar-refractivity contribution < 1.29 is 17.9 Å². The van der Waals surface area contributed by atoms with Crippen LogP contribution < -0.4 is 10.5 Å². The number of alkyl halides is 3. The fourth-order valence-corrected chi connectivity index (χ4v) is 2.16. The summed E-state index contributed by atoms with van der Waals surface area (Å²) < 4.78 is 40.1. The molecule has 0 heterocycles. The fraction of sp³-hybridized carbons (Fsp3) is 0.143. The van der Waals surface area contributed by atoms with Gasteiger partial charge < -0.3 is 10.5 Å². The Labute approximate surface area is 99.9 Å². The third-order valence-corrected chi connectivity index (χ3v) is 2.83. The van der Waals surface area contributed by atoms with Crippen LogP contribution in [-0.4, -0.2) is 6.36 Å². The normalized spacial score (nSPS) is 11.5. The highest BCUT2D eigenvalue weighted by molar-refractivity contribution is 14.1. The third-order valence-electron chi connectivity index (χ3n) is 1.29. The average Bonchev–Trinajstić information content (AvgIpc) is 1.96. The van der Waals surface area contributed by atoms with Gasteiger partial charge in [0.1, 0.15) is 5.75 Å². The van der Waals surface area contributed by atoms with Gasteiger partial charge in [-0.25, -0.2) is 0 Å². The number of benzene rings is 1. The number of hydrogen-bond donors (Lipinski definition) is 1. The van der Waals surface area contributed by atoms with Gasteiger partial charge in [-0.05, 0) is 50.7 Å². The number of anilines is 1. The number of hydrogen-bond acceptors (Lipinski definition) is 2. The van der Waals surface area contributed by atoms with Crippen LogP contribution in [0.3, 0.4) is 0 Å². The molecule has 0 atom stereocenters. The number of rotatable bonds is 1. The molecule has 1 aromatic carbocycles. The predicted octanol–water partition coefficient (Wildman–Crippen LogP) is 3.53. The predicted molar refractivity (Wildman–Crippen MR) is 58.0 cm³/mol. The van der Waals surface area contributed by atoms with Crippen molar-refractivity contribution in [2.45, 2.75) is 6.36 Å². The van der Waals surface area contributed by atoms with Gasteiger partial charge >= 0.3 is 6.36 Å². The van der Waals surface area contributed by atoms with E-state index in [2.05, 4.69) is 20.7 Å². The molecule has 0 unspecified atom stereocenters. The molecule has 0 saturated heterocycles. The van der Waals surface area contributed by atoms with E-state index in [1.54, 1.807) is 0 Å². The van der Waals surface area contributed by atoms with E-state index in [1.807, 2.05) is 22.6 Å². The molecule has 78 valence electrons. The lowest BCUT2D eigenvalue weighted by atomic mass is 10.3. The molecular weight excluding hydrogens is 378 g/mol. The second-order valence-electron chi connectivity index (χ2n) is 2.35. The van der Waals surface area contributed by atoms with Crippen LogP contribution in [0.4, 0.5) is 18.9 Å². The maximum Gasteiger partial charge on any atom is 0.573 e. The molecule has 0 aliphatic rings. The van der Waals surface area contributed by atoms with Crippen molar-refractivity contribution in [1.29, 1.82) is 0 Å². The molecule has 0 aromatic heterocycles. The van der Waals surface area contributed by atoms with Gasteiger partial charge in [-0.2, -0.15) is 0 Å². The van der Waals surface area contributed by atoms with Crippen LogP contribution in [-0.2, 0) is 0 Å². The van der Waals surface area contributed by atoms with Gasteiger partial charge in [0.15, 0.2) is 0 Å². The fourth-order valence-electron chi connectivity index (χ4n) is 0.754. The van der Waals surface area contributed by atoms with Crippen LogP contribution in [0.25, 0.3) is 0 Å². The molecular formula is C7H4BrF3INO. The van der Waals surface area contributed by atoms with Crippen molar-refractivity contribution in [2.75, 3.05) is 5.73 Å². The standard InChI is InChI=1S/C7H4BrF3INO/c8-4-1-3(14-7(9,10)11)2-5(12)6(4)13/h1-2H,13H2. The van der Waals surface area contributed by atoms with E-state index in [0.29, 0.717) is 13.7 Å². The van der Waals surface area contributed by atoms with Crippen LogP contribution in [0, 0.1) is 3.57 Å². The summed E-state index contributed by atoms with van der Waals surface area (Å²) >= 11 is 4.85. The smallest absolute Gasteiger partial charge is 0.406 e. The van der Waals surface area contributed by atoms with E-state index in [9.17, 15) is 13.2 Å². The molecule has 7 heteroatoms. The largest absolute Gasteiger partial charge is 0.573 e. The summed E-state index contributed by atoms with van der Waals surface area (Å²) in [6.45, 7) is 0. The summed E-state index contributed by atoms with van der Waals surface area (Å²) in [5.41, 5.74) is 5.91. The monoisotopic (exact) mass is 381 g/mol. The lowest BCUT2D eigenvalue weighted by Crippen LogP contribution is -2.17. The highest BCUT2D eigenvalue weighted by Crippen LogP contribution is 2.32. The number of nitrogens with two attached hydrogens (primary N) is 1. The van der Waals surface area contributed by atoms with E-state index >= 15 is 0 Å². The van der Waals surface area contributed by atoms with E-state index in [4.69, 9.17) is 5.73 Å². The summed E-state index contributed by atoms with van der Waals surface area (Å²) in [5, 5.41) is 0. The number of halogens is 5. The molecule has 0 saturated carbocycles. The van der Waals surface area contributed by atoms with Crippen molar-refractivity contribution >= 4 is 44.2 Å². The van der Waals surface area contributed by atoms with E-state index in [-0.39, 0.29) is 5.75 Å². The lowest BCUT2D eigenvalue weighted by molar-refractivity contribution is -0.274. The topological polar surface area (TPSA) is 35.2 Å². The van der Waals surface area contributed by atoms with E-state index < -0.39 is 6.36 Å². The second kappa shape index (κ2) is 4.13. The first kappa shape index (κ1) is 11.9. The van der Waals surface area contributed by atoms with E-state index in [1.165, 1.54) is 12.1 Å². The van der Waals surface area contributed by atoms with Crippen molar-refractivity contribution in [2.24, 2.45) is 0 Å². The first-order chi connectivity index (χ1) is 6.29. The molecule has 2 N–H and O–H groups in total. The molecule has 0 spiro atoms. The Hall–Kier alpha value is -0.180. The Morgan fingerprint density at radius 3 is 2.36 bits per heavy atom. The molecule has 1 rings (SSSR count). The van der Waals surface area contributed by atoms with Crippen LogP contribution >= 0.6 is 38.5 Å². The molecule has 0 aliphatic carbocycles. The SMILES string of the molecule is Nc1c(Br)cc(OC(F)(F)F)cc1I. The summed E-state index contributed by atoms with van der Waals surface area (Å²) in [7, 11) is 0. The van der Waals surface area contributed by atoms with Gasteiger partial charge in [0, 0.05) is 8.04 Å². The van der Waals surface area contributed by atoms with Gasteiger partial charge in [-0.15, -0.1) is 13.2 Å². The van der Waals surface area contributed by atoms with Crippen molar-refractivity contribution in [3.63, 3.8) is 0 Å². The third kappa shape index (κ3) is 3.19. The highest BCUT2D eigenvalue weighted by Gasteiger charge is 2.31. The van der Waals surface area contributed by atoms with Gasteiger partial charge in [0.05, 0.1) is 5.69 Å². The zero-order chi connectivity index (χ0) is 10.9. The second-order valence-corrected chi connectivity index (χ2v) is 4.36. The quantitative estimate of drug-likeness (QED) is 0.596. The summed E-state index contributed by atoms with van der Waals surface area (Å²) in [5.74, 6) is -0.289. The zero-order valence-electron chi connectivity index (χ0n) is 6.53. The van der Waals surface area contributed by atoms with Crippen molar-refractivity contribution in [3.8, 4) is 5.75 Å². The summed E-state index contributed by atoms with van der Waals surface area (Å²) in [6.07, 6.45) is -4.68. The molecule has 14 heavy (non-hydrogen) atoms. The Kier molecular flexibility index (Phi) is 3.51. The number of nitrogen functional groups attached to an aromatic ring is 1. The Morgan fingerprint density at radius 2 is 1.93 bits per heavy atom. The maximum absolute atomic E-state index is 11.8. The maximum atomic E-state index is 11.8. The van der Waals surface area contributed by atoms with Crippen molar-refractivity contribution in [1.82, 2.24) is 0 Å². The van der Waals surface area contributed by atoms with Crippen LogP contribution in [0.1, 0.15) is 0 Å². The van der Waals surface area contributed by atoms with Crippen molar-refractivity contribution in [3.05, 3.63) is 20.2 Å². The average molecular weight is 382 g/mol. The minimum atomic E-state index is -4.68. The van der Waals surface area contributed by atoms with Crippen LogP contribution in [0.2, 0.25) is 0 Å². The Balaban J connectivity index is 3.02. The molecule has 1 aromatic rings. The molecule has 0 fully saturated rings. The van der Waals surface area contributed by atoms with Gasteiger partial charge in [0.25, 0.3) is 0 Å².